The van der Waals surface area contributed by atoms with Gasteiger partial charge in [0.2, 0.25) is 0 Å². The number of nitrogens with one attached hydrogen (secondary N) is 1. The Morgan fingerprint density at radius 1 is 1.10 bits per heavy atom. The molecule has 2 fully saturated rings. The number of unbranched alkanes of at least 4 members (excludes halogenated alkanes) is 1. The molecule has 1 heteroatoms. The molecular weight excluding hydrogens is 242 g/mol. The monoisotopic (exact) mass is 279 g/mol. The molecule has 0 heterocycles. The molecule has 0 saturated heterocycles. The molecule has 0 spiro atoms. The minimum atomic E-state index is 0.648. The van der Waals surface area contributed by atoms with Crippen molar-refractivity contribution in [1.29, 1.82) is 0 Å². The fourth-order valence-corrected chi connectivity index (χ4v) is 3.83. The third-order valence-corrected chi connectivity index (χ3v) is 5.73. The zero-order valence-electron chi connectivity index (χ0n) is 14.2. The van der Waals surface area contributed by atoms with Crippen LogP contribution < -0.4 is 5.32 Å². The molecule has 1 N–H and O–H groups in total. The van der Waals surface area contributed by atoms with Crippen molar-refractivity contribution in [2.45, 2.75) is 97.4 Å². The van der Waals surface area contributed by atoms with E-state index >= 15 is 0 Å². The predicted octanol–water partition coefficient (Wildman–Crippen LogP) is 5.54. The van der Waals surface area contributed by atoms with Crippen molar-refractivity contribution in [3.05, 3.63) is 0 Å². The highest BCUT2D eigenvalue weighted by Crippen LogP contribution is 2.44. The molecule has 0 bridgehead atoms. The molecule has 0 amide bonds. The first kappa shape index (κ1) is 16.3. The van der Waals surface area contributed by atoms with Crippen molar-refractivity contribution in [2.75, 3.05) is 6.54 Å². The second kappa shape index (κ2) is 7.82. The Morgan fingerprint density at radius 3 is 2.35 bits per heavy atom. The van der Waals surface area contributed by atoms with Crippen LogP contribution in [0.4, 0.5) is 0 Å². The van der Waals surface area contributed by atoms with Crippen molar-refractivity contribution >= 4 is 0 Å². The minimum absolute atomic E-state index is 0.648. The Hall–Kier alpha value is -0.0400. The van der Waals surface area contributed by atoms with Crippen LogP contribution in [0.25, 0.3) is 0 Å². The van der Waals surface area contributed by atoms with E-state index in [0.29, 0.717) is 5.41 Å². The van der Waals surface area contributed by atoms with Crippen molar-refractivity contribution in [3.8, 4) is 0 Å². The standard InChI is InChI=1S/C19H37N/c1-4-5-6-17-10-13-19(14-11-17,12-9-16(2)3)15-20-18-7-8-18/h16-18,20H,4-15H2,1-3H3. The number of rotatable bonds is 9. The van der Waals surface area contributed by atoms with Gasteiger partial charge in [-0.1, -0.05) is 46.5 Å². The van der Waals surface area contributed by atoms with E-state index < -0.39 is 0 Å². The van der Waals surface area contributed by atoms with Crippen LogP contribution in [0.15, 0.2) is 0 Å². The van der Waals surface area contributed by atoms with Crippen LogP contribution in [-0.2, 0) is 0 Å². The summed E-state index contributed by atoms with van der Waals surface area (Å²) in [5, 5.41) is 3.85. The summed E-state index contributed by atoms with van der Waals surface area (Å²) in [5.74, 6) is 1.91. The van der Waals surface area contributed by atoms with E-state index in [-0.39, 0.29) is 0 Å². The van der Waals surface area contributed by atoms with E-state index in [9.17, 15) is 0 Å². The van der Waals surface area contributed by atoms with E-state index in [2.05, 4.69) is 26.1 Å². The Labute approximate surface area is 127 Å². The third kappa shape index (κ3) is 5.39. The van der Waals surface area contributed by atoms with Crippen LogP contribution in [0.1, 0.15) is 91.4 Å². The van der Waals surface area contributed by atoms with E-state index in [1.54, 1.807) is 0 Å². The zero-order valence-corrected chi connectivity index (χ0v) is 14.2. The summed E-state index contributed by atoms with van der Waals surface area (Å²) in [4.78, 5) is 0. The largest absolute Gasteiger partial charge is 0.313 e. The van der Waals surface area contributed by atoms with Gasteiger partial charge in [-0.15, -0.1) is 0 Å². The molecule has 0 aromatic heterocycles. The molecule has 2 saturated carbocycles. The van der Waals surface area contributed by atoms with Crippen LogP contribution in [0.5, 0.6) is 0 Å². The predicted molar refractivity (Wildman–Crippen MR) is 89.0 cm³/mol. The lowest BCUT2D eigenvalue weighted by Gasteiger charge is -2.41. The highest BCUT2D eigenvalue weighted by molar-refractivity contribution is 4.91. The molecule has 118 valence electrons. The highest BCUT2D eigenvalue weighted by atomic mass is 15.0. The summed E-state index contributed by atoms with van der Waals surface area (Å²) in [6.07, 6.45) is 16.1. The van der Waals surface area contributed by atoms with Gasteiger partial charge in [-0.05, 0) is 62.2 Å². The van der Waals surface area contributed by atoms with Crippen molar-refractivity contribution < 1.29 is 0 Å². The quantitative estimate of drug-likeness (QED) is 0.584. The van der Waals surface area contributed by atoms with Crippen LogP contribution in [-0.4, -0.2) is 12.6 Å². The molecule has 2 rings (SSSR count). The first-order valence-electron chi connectivity index (χ1n) is 9.37. The summed E-state index contributed by atoms with van der Waals surface area (Å²) in [6, 6.07) is 0.878. The molecule has 0 aromatic rings. The van der Waals surface area contributed by atoms with Crippen LogP contribution >= 0.6 is 0 Å². The molecule has 0 aromatic carbocycles. The SMILES string of the molecule is CCCCC1CCC(CCC(C)C)(CNC2CC2)CC1. The van der Waals surface area contributed by atoms with Gasteiger partial charge < -0.3 is 5.32 Å². The van der Waals surface area contributed by atoms with Crippen LogP contribution in [0.3, 0.4) is 0 Å². The Balaban J connectivity index is 1.80. The summed E-state index contributed by atoms with van der Waals surface area (Å²) in [7, 11) is 0. The minimum Gasteiger partial charge on any atom is -0.313 e. The second-order valence-corrected chi connectivity index (χ2v) is 8.17. The summed E-state index contributed by atoms with van der Waals surface area (Å²) in [5.41, 5.74) is 0.648. The van der Waals surface area contributed by atoms with Gasteiger partial charge in [0.25, 0.3) is 0 Å². The summed E-state index contributed by atoms with van der Waals surface area (Å²) < 4.78 is 0. The number of hydrogen-bond donors (Lipinski definition) is 1. The molecule has 0 atom stereocenters. The van der Waals surface area contributed by atoms with Gasteiger partial charge in [0.05, 0.1) is 0 Å². The molecule has 0 radical (unpaired) electrons. The van der Waals surface area contributed by atoms with Gasteiger partial charge in [-0.25, -0.2) is 0 Å². The zero-order chi connectivity index (χ0) is 14.4. The van der Waals surface area contributed by atoms with Gasteiger partial charge in [0.1, 0.15) is 0 Å². The average molecular weight is 280 g/mol. The topological polar surface area (TPSA) is 12.0 Å². The lowest BCUT2D eigenvalue weighted by Crippen LogP contribution is -2.39. The van der Waals surface area contributed by atoms with E-state index in [1.807, 2.05) is 0 Å². The van der Waals surface area contributed by atoms with Gasteiger partial charge in [-0.3, -0.25) is 0 Å². The first-order chi connectivity index (χ1) is 9.63. The average Bonchev–Trinajstić information content (AvgIpc) is 3.27. The Bertz CT molecular complexity index is 251. The maximum Gasteiger partial charge on any atom is 0.00684 e. The van der Waals surface area contributed by atoms with Crippen molar-refractivity contribution in [1.82, 2.24) is 5.32 Å². The summed E-state index contributed by atoms with van der Waals surface area (Å²) in [6.45, 7) is 8.41. The smallest absolute Gasteiger partial charge is 0.00684 e. The van der Waals surface area contributed by atoms with Crippen molar-refractivity contribution in [2.24, 2.45) is 17.3 Å². The molecular formula is C19H37N. The summed E-state index contributed by atoms with van der Waals surface area (Å²) >= 11 is 0. The highest BCUT2D eigenvalue weighted by Gasteiger charge is 2.36. The van der Waals surface area contributed by atoms with Crippen molar-refractivity contribution in [3.63, 3.8) is 0 Å². The van der Waals surface area contributed by atoms with E-state index in [4.69, 9.17) is 0 Å². The molecule has 2 aliphatic rings. The number of hydrogen-bond acceptors (Lipinski definition) is 1. The van der Waals surface area contributed by atoms with Gasteiger partial charge >= 0.3 is 0 Å². The van der Waals surface area contributed by atoms with Gasteiger partial charge in [0.15, 0.2) is 0 Å². The maximum atomic E-state index is 3.85. The Morgan fingerprint density at radius 2 is 1.80 bits per heavy atom. The van der Waals surface area contributed by atoms with Crippen LogP contribution in [0, 0.1) is 17.3 Å². The maximum absolute atomic E-state index is 3.85. The molecule has 20 heavy (non-hydrogen) atoms. The molecule has 1 nitrogen and oxygen atoms in total. The van der Waals surface area contributed by atoms with E-state index in [0.717, 1.165) is 17.9 Å². The molecule has 0 aliphatic heterocycles. The van der Waals surface area contributed by atoms with E-state index in [1.165, 1.54) is 77.2 Å². The normalized spacial score (nSPS) is 30.9. The van der Waals surface area contributed by atoms with Gasteiger partial charge in [0, 0.05) is 12.6 Å². The molecule has 2 aliphatic carbocycles. The first-order valence-corrected chi connectivity index (χ1v) is 9.37. The second-order valence-electron chi connectivity index (χ2n) is 8.17. The fourth-order valence-electron chi connectivity index (χ4n) is 3.83. The Kier molecular flexibility index (Phi) is 6.39. The molecule has 0 unspecified atom stereocenters. The third-order valence-electron chi connectivity index (χ3n) is 5.73. The fraction of sp³-hybridized carbons (Fsp3) is 1.00. The lowest BCUT2D eigenvalue weighted by atomic mass is 9.66. The van der Waals surface area contributed by atoms with Gasteiger partial charge in [-0.2, -0.15) is 0 Å². The van der Waals surface area contributed by atoms with Crippen LogP contribution in [0.2, 0.25) is 0 Å². The lowest BCUT2D eigenvalue weighted by molar-refractivity contribution is 0.119.